The van der Waals surface area contributed by atoms with E-state index in [-0.39, 0.29) is 10.8 Å². The van der Waals surface area contributed by atoms with Crippen molar-refractivity contribution in [2.75, 3.05) is 0 Å². The predicted octanol–water partition coefficient (Wildman–Crippen LogP) is 9.61. The molecule has 0 N–H and O–H groups in total. The van der Waals surface area contributed by atoms with Gasteiger partial charge < -0.3 is 0 Å². The van der Waals surface area contributed by atoms with Gasteiger partial charge in [-0.1, -0.05) is 83.0 Å². The molecule has 174 valence electrons. The summed E-state index contributed by atoms with van der Waals surface area (Å²) < 4.78 is 1.51. The van der Waals surface area contributed by atoms with Gasteiger partial charge in [-0.15, -0.1) is 69.4 Å². The second kappa shape index (κ2) is 10.7. The minimum atomic E-state index is 0.203. The van der Waals surface area contributed by atoms with Gasteiger partial charge in [0.1, 0.15) is 0 Å². The van der Waals surface area contributed by atoms with Crippen molar-refractivity contribution in [1.82, 2.24) is 0 Å². The molecule has 5 aromatic carbocycles. The molecule has 0 atom stereocenters. The Hall–Kier alpha value is -2.11. The summed E-state index contributed by atoms with van der Waals surface area (Å²) in [6.45, 7) is 17.9. The van der Waals surface area contributed by atoms with Crippen molar-refractivity contribution in [3.63, 3.8) is 0 Å². The first kappa shape index (κ1) is 26.5. The molecule has 0 aliphatic carbocycles. The summed E-state index contributed by atoms with van der Waals surface area (Å²) in [5.41, 5.74) is 3.21. The van der Waals surface area contributed by atoms with Crippen LogP contribution in [0.25, 0.3) is 32.3 Å². The van der Waals surface area contributed by atoms with Crippen molar-refractivity contribution in [3.05, 3.63) is 96.1 Å². The van der Waals surface area contributed by atoms with E-state index >= 15 is 0 Å². The Balaban J connectivity index is 0.000000204. The monoisotopic (exact) mass is 524 g/mol. The fourth-order valence-corrected chi connectivity index (χ4v) is 4.03. The quantitative estimate of drug-likeness (QED) is 0.177. The van der Waals surface area contributed by atoms with Crippen molar-refractivity contribution in [2.45, 2.75) is 66.2 Å². The second-order valence-corrected chi connectivity index (χ2v) is 13.9. The average molecular weight is 526 g/mol. The van der Waals surface area contributed by atoms with Crippen molar-refractivity contribution in [1.29, 1.82) is 0 Å². The molecule has 34 heavy (non-hydrogen) atoms. The smallest absolute Gasteiger partial charge is 0.0809 e. The Morgan fingerprint density at radius 3 is 1.56 bits per heavy atom. The molecule has 0 saturated heterocycles. The molecule has 0 aliphatic rings. The van der Waals surface area contributed by atoms with Gasteiger partial charge in [0.2, 0.25) is 0 Å². The van der Waals surface area contributed by atoms with Crippen molar-refractivity contribution in [2.24, 2.45) is 0 Å². The van der Waals surface area contributed by atoms with Gasteiger partial charge in [-0.05, 0) is 10.8 Å². The van der Waals surface area contributed by atoms with Crippen LogP contribution >= 0.6 is 0 Å². The third-order valence-corrected chi connectivity index (χ3v) is 5.98. The van der Waals surface area contributed by atoms with E-state index in [2.05, 4.69) is 140 Å². The summed E-state index contributed by atoms with van der Waals surface area (Å²) in [6, 6.07) is 30.8. The molecule has 0 radical (unpaired) electrons. The van der Waals surface area contributed by atoms with E-state index in [1.165, 1.54) is 46.7 Å². The first-order chi connectivity index (χ1) is 15.9. The molecular formula is C33H38Zr. The summed E-state index contributed by atoms with van der Waals surface area (Å²) >= 11 is 1.55. The zero-order valence-corrected chi connectivity index (χ0v) is 24.5. The fraction of sp³-hybridized carbons (Fsp3) is 0.303. The Bertz CT molecular complexity index is 1290. The van der Waals surface area contributed by atoms with Gasteiger partial charge in [0.15, 0.2) is 0 Å². The van der Waals surface area contributed by atoms with Crippen molar-refractivity contribution >= 4 is 35.5 Å². The maximum absolute atomic E-state index is 2.35. The van der Waals surface area contributed by atoms with Crippen LogP contribution in [0.5, 0.6) is 0 Å². The van der Waals surface area contributed by atoms with E-state index in [0.29, 0.717) is 0 Å². The molecule has 0 unspecified atom stereocenters. The zero-order chi connectivity index (χ0) is 25.1. The summed E-state index contributed by atoms with van der Waals surface area (Å²) in [5.74, 6) is 0. The molecule has 0 bridgehead atoms. The molecule has 0 aliphatic heterocycles. The predicted molar refractivity (Wildman–Crippen MR) is 150 cm³/mol. The Morgan fingerprint density at radius 1 is 0.647 bits per heavy atom. The molecule has 0 spiro atoms. The zero-order valence-electron chi connectivity index (χ0n) is 22.1. The minimum absolute atomic E-state index is 0.203. The van der Waals surface area contributed by atoms with Gasteiger partial charge in [0, 0.05) is 0 Å². The van der Waals surface area contributed by atoms with Crippen molar-refractivity contribution < 1.29 is 24.2 Å². The molecule has 1 heteroatoms. The molecular weight excluding hydrogens is 488 g/mol. The van der Waals surface area contributed by atoms with Gasteiger partial charge in [-0.25, -0.2) is 0 Å². The van der Waals surface area contributed by atoms with Gasteiger partial charge >= 0.3 is 41.3 Å². The van der Waals surface area contributed by atoms with Crippen LogP contribution in [0.3, 0.4) is 0 Å². The van der Waals surface area contributed by atoms with Crippen LogP contribution in [0, 0.1) is 0 Å². The summed E-state index contributed by atoms with van der Waals surface area (Å²) in [5, 5.41) is 8.14. The first-order valence-electron chi connectivity index (χ1n) is 12.1. The van der Waals surface area contributed by atoms with Crippen molar-refractivity contribution in [3.8, 4) is 0 Å². The molecule has 0 amide bonds. The molecule has 0 nitrogen and oxygen atoms in total. The number of benzene rings is 3. The second-order valence-electron chi connectivity index (χ2n) is 11.4. The van der Waals surface area contributed by atoms with E-state index in [1.54, 1.807) is 24.2 Å². The van der Waals surface area contributed by atoms with Gasteiger partial charge in [0.05, 0.1) is 0 Å². The van der Waals surface area contributed by atoms with Crippen LogP contribution in [0.1, 0.15) is 66.5 Å². The van der Waals surface area contributed by atoms with E-state index < -0.39 is 0 Å². The van der Waals surface area contributed by atoms with Gasteiger partial charge in [-0.2, -0.15) is 17.5 Å². The first-order valence-corrected chi connectivity index (χ1v) is 13.4. The third kappa shape index (κ3) is 6.73. The largest absolute Gasteiger partial charge is 0.168 e. The van der Waals surface area contributed by atoms with Crippen LogP contribution in [-0.2, 0) is 35.1 Å². The van der Waals surface area contributed by atoms with E-state index in [9.17, 15) is 0 Å². The molecule has 0 aromatic heterocycles. The summed E-state index contributed by atoms with van der Waals surface area (Å²) in [6.07, 6.45) is 0. The summed E-state index contributed by atoms with van der Waals surface area (Å²) in [7, 11) is 0. The number of hydrogen-bond acceptors (Lipinski definition) is 0. The fourth-order valence-electron chi connectivity index (χ4n) is 4.03. The van der Waals surface area contributed by atoms with Crippen LogP contribution in [-0.4, -0.2) is 3.21 Å². The molecule has 0 heterocycles. The topological polar surface area (TPSA) is 0 Å². The Kier molecular flexibility index (Phi) is 8.31. The van der Waals surface area contributed by atoms with E-state index in [0.717, 1.165) is 0 Å². The molecule has 5 aromatic rings. The van der Waals surface area contributed by atoms with Crippen LogP contribution < -0.4 is 0 Å². The number of hydrogen-bond donors (Lipinski definition) is 0. The maximum atomic E-state index is 2.35. The molecule has 0 saturated carbocycles. The van der Waals surface area contributed by atoms with E-state index in [1.807, 2.05) is 0 Å². The molecule has 0 fully saturated rings. The Labute approximate surface area is 221 Å². The van der Waals surface area contributed by atoms with E-state index in [4.69, 9.17) is 0 Å². The van der Waals surface area contributed by atoms with Crippen LogP contribution in [0.15, 0.2) is 84.9 Å². The normalized spacial score (nSPS) is 11.7. The SMILES string of the molecule is CC(C)(C)c1ccc2c(c1)[cH-]c1cc(C(C)(C)C)ccc12.C[C](C)=[Zr+2].c1ccc2[cH-]ccc2c1. The van der Waals surface area contributed by atoms with Gasteiger partial charge in [-0.3, -0.25) is 0 Å². The standard InChI is InChI=1S/C21H25.C9H7.C3H6.Zr/c1-20(2,3)16-7-9-18-14(12-16)11-15-13-17(21(4,5)6)8-10-19(15)18;1-2-5-9-7-3-6-8(9)4-1;1-3-2;/h7-13H,1-6H3;1-7H;1-2H3;/q2*-1;;+2. The van der Waals surface area contributed by atoms with Gasteiger partial charge in [0.25, 0.3) is 0 Å². The molecule has 5 rings (SSSR count). The Morgan fingerprint density at radius 2 is 1.12 bits per heavy atom. The number of fused-ring (bicyclic) bond motifs is 4. The average Bonchev–Trinajstić information content (AvgIpc) is 3.36. The number of rotatable bonds is 0. The van der Waals surface area contributed by atoms with Crippen LogP contribution in [0.4, 0.5) is 0 Å². The van der Waals surface area contributed by atoms with Crippen LogP contribution in [0.2, 0.25) is 0 Å². The summed E-state index contributed by atoms with van der Waals surface area (Å²) in [4.78, 5) is 0. The maximum Gasteiger partial charge on any atom is -0.0809 e. The minimum Gasteiger partial charge on any atom is -0.168 e. The third-order valence-electron chi connectivity index (χ3n) is 5.98.